The van der Waals surface area contributed by atoms with E-state index in [-0.39, 0.29) is 6.04 Å². The quantitative estimate of drug-likeness (QED) is 0.593. The Labute approximate surface area is 182 Å². The number of esters is 1. The Kier molecular flexibility index (Phi) is 8.29. The topological polar surface area (TPSA) is 92.8 Å². The summed E-state index contributed by atoms with van der Waals surface area (Å²) in [6.45, 7) is 6.32. The second-order valence-corrected chi connectivity index (χ2v) is 9.26. The maximum Gasteiger partial charge on any atom is 0.324 e. The van der Waals surface area contributed by atoms with Crippen molar-refractivity contribution in [3.05, 3.63) is 60.4 Å². The van der Waals surface area contributed by atoms with Crippen LogP contribution in [0.4, 0.5) is 10.1 Å². The summed E-state index contributed by atoms with van der Waals surface area (Å²) in [6.07, 6.45) is 0. The predicted molar refractivity (Wildman–Crippen MR) is 115 cm³/mol. The molecule has 0 saturated carbocycles. The Morgan fingerprint density at radius 2 is 1.58 bits per heavy atom. The first kappa shape index (κ1) is 24.5. The molecule has 168 valence electrons. The highest BCUT2D eigenvalue weighted by Gasteiger charge is 2.32. The van der Waals surface area contributed by atoms with E-state index in [0.717, 1.165) is 12.1 Å². The van der Waals surface area contributed by atoms with Gasteiger partial charge in [-0.1, -0.05) is 44.2 Å². The van der Waals surface area contributed by atoms with Crippen molar-refractivity contribution < 1.29 is 27.1 Å². The summed E-state index contributed by atoms with van der Waals surface area (Å²) < 4.78 is 46.4. The average molecular weight is 451 g/mol. The van der Waals surface area contributed by atoms with Gasteiger partial charge in [0.15, 0.2) is 6.61 Å². The highest BCUT2D eigenvalue weighted by Crippen LogP contribution is 2.18. The summed E-state index contributed by atoms with van der Waals surface area (Å²) in [6, 6.07) is 12.3. The molecule has 2 aromatic rings. The zero-order chi connectivity index (χ0) is 23.2. The number of benzene rings is 2. The Morgan fingerprint density at radius 3 is 2.13 bits per heavy atom. The van der Waals surface area contributed by atoms with Gasteiger partial charge in [-0.15, -0.1) is 0 Å². The molecule has 0 aliphatic heterocycles. The number of anilines is 1. The molecule has 0 aliphatic carbocycles. The number of nitrogens with one attached hydrogen (secondary N) is 1. The van der Waals surface area contributed by atoms with Gasteiger partial charge in [0.1, 0.15) is 16.8 Å². The van der Waals surface area contributed by atoms with Gasteiger partial charge in [0.05, 0.1) is 0 Å². The molecular formula is C22H27FN2O5S. The first-order valence-electron chi connectivity index (χ1n) is 9.85. The Hall–Kier alpha value is -2.78. The van der Waals surface area contributed by atoms with Crippen molar-refractivity contribution >= 4 is 27.6 Å². The van der Waals surface area contributed by atoms with E-state index in [9.17, 15) is 22.4 Å². The van der Waals surface area contributed by atoms with Gasteiger partial charge < -0.3 is 9.64 Å². The van der Waals surface area contributed by atoms with Crippen molar-refractivity contribution in [2.45, 2.75) is 44.7 Å². The van der Waals surface area contributed by atoms with Crippen LogP contribution in [0.15, 0.2) is 59.5 Å². The molecule has 7 nitrogen and oxygen atoms in total. The highest BCUT2D eigenvalue weighted by molar-refractivity contribution is 7.89. The lowest BCUT2D eigenvalue weighted by molar-refractivity contribution is -0.150. The summed E-state index contributed by atoms with van der Waals surface area (Å²) in [5.74, 6) is -2.80. The normalized spacial score (nSPS) is 12.6. The fourth-order valence-corrected chi connectivity index (χ4v) is 4.37. The number of para-hydroxylation sites is 1. The maximum atomic E-state index is 13.9. The van der Waals surface area contributed by atoms with Crippen LogP contribution in [0.5, 0.6) is 0 Å². The summed E-state index contributed by atoms with van der Waals surface area (Å²) in [4.78, 5) is 26.2. The molecular weight excluding hydrogens is 423 g/mol. The predicted octanol–water partition coefficient (Wildman–Crippen LogP) is 3.11. The van der Waals surface area contributed by atoms with Crippen molar-refractivity contribution in [2.75, 3.05) is 11.5 Å². The van der Waals surface area contributed by atoms with Gasteiger partial charge in [-0.25, -0.2) is 12.8 Å². The number of hydrogen-bond acceptors (Lipinski definition) is 5. The number of nitrogens with zero attached hydrogens (tertiary/aromatic N) is 1. The van der Waals surface area contributed by atoms with Crippen molar-refractivity contribution in [1.82, 2.24) is 4.72 Å². The third-order valence-electron chi connectivity index (χ3n) is 4.49. The zero-order valence-electron chi connectivity index (χ0n) is 17.9. The lowest BCUT2D eigenvalue weighted by atomic mass is 10.1. The van der Waals surface area contributed by atoms with Crippen molar-refractivity contribution in [3.8, 4) is 0 Å². The van der Waals surface area contributed by atoms with E-state index in [1.807, 2.05) is 19.9 Å². The van der Waals surface area contributed by atoms with Crippen molar-refractivity contribution in [2.24, 2.45) is 5.92 Å². The molecule has 0 aromatic heterocycles. The second kappa shape index (κ2) is 10.5. The van der Waals surface area contributed by atoms with Crippen LogP contribution in [0.2, 0.25) is 0 Å². The highest BCUT2D eigenvalue weighted by atomic mass is 32.2. The van der Waals surface area contributed by atoms with E-state index in [1.54, 1.807) is 38.1 Å². The van der Waals surface area contributed by atoms with E-state index < -0.39 is 51.2 Å². The fourth-order valence-electron chi connectivity index (χ4n) is 2.96. The monoisotopic (exact) mass is 450 g/mol. The van der Waals surface area contributed by atoms with E-state index >= 15 is 0 Å². The molecule has 0 spiro atoms. The van der Waals surface area contributed by atoms with Crippen molar-refractivity contribution in [1.29, 1.82) is 0 Å². The van der Waals surface area contributed by atoms with E-state index in [0.29, 0.717) is 5.69 Å². The van der Waals surface area contributed by atoms with Gasteiger partial charge in [0, 0.05) is 11.7 Å². The first-order chi connectivity index (χ1) is 14.5. The van der Waals surface area contributed by atoms with E-state index in [1.165, 1.54) is 17.0 Å². The molecule has 1 unspecified atom stereocenters. The number of halogens is 1. The number of ether oxygens (including phenoxy) is 1. The molecule has 0 fully saturated rings. The smallest absolute Gasteiger partial charge is 0.324 e. The first-order valence-corrected chi connectivity index (χ1v) is 11.3. The second-order valence-electron chi connectivity index (χ2n) is 7.57. The summed E-state index contributed by atoms with van der Waals surface area (Å²) in [7, 11) is -4.31. The van der Waals surface area contributed by atoms with Crippen LogP contribution in [0.25, 0.3) is 0 Å². The Bertz CT molecular complexity index is 1010. The Morgan fingerprint density at radius 1 is 1.00 bits per heavy atom. The minimum Gasteiger partial charge on any atom is -0.454 e. The zero-order valence-corrected chi connectivity index (χ0v) is 18.7. The van der Waals surface area contributed by atoms with Crippen LogP contribution >= 0.6 is 0 Å². The molecule has 0 radical (unpaired) electrons. The average Bonchev–Trinajstić information content (AvgIpc) is 2.71. The van der Waals surface area contributed by atoms with Crippen LogP contribution in [0.1, 0.15) is 27.7 Å². The third-order valence-corrected chi connectivity index (χ3v) is 5.96. The number of carbonyl (C=O) groups is 2. The number of hydrogen-bond donors (Lipinski definition) is 1. The third kappa shape index (κ3) is 6.35. The van der Waals surface area contributed by atoms with Gasteiger partial charge in [-0.2, -0.15) is 4.72 Å². The SMILES string of the molecule is CC(C)C(NS(=O)(=O)c1ccccc1F)C(=O)OCC(=O)N(c1ccccc1)C(C)C. The minimum absolute atomic E-state index is 0.186. The maximum absolute atomic E-state index is 13.9. The largest absolute Gasteiger partial charge is 0.454 e. The van der Waals surface area contributed by atoms with Crippen molar-refractivity contribution in [3.63, 3.8) is 0 Å². The number of sulfonamides is 1. The lowest BCUT2D eigenvalue weighted by Gasteiger charge is -2.27. The molecule has 2 rings (SSSR count). The van der Waals surface area contributed by atoms with E-state index in [2.05, 4.69) is 4.72 Å². The molecule has 0 aliphatic rings. The summed E-state index contributed by atoms with van der Waals surface area (Å²) in [5, 5.41) is 0. The van der Waals surface area contributed by atoms with Gasteiger partial charge in [0.2, 0.25) is 10.0 Å². The van der Waals surface area contributed by atoms with Crippen LogP contribution in [0.3, 0.4) is 0 Å². The molecule has 0 heterocycles. The molecule has 9 heteroatoms. The van der Waals surface area contributed by atoms with Gasteiger partial charge in [-0.05, 0) is 44.0 Å². The molecule has 0 bridgehead atoms. The molecule has 2 aromatic carbocycles. The molecule has 1 N–H and O–H groups in total. The van der Waals surface area contributed by atoms with Crippen LogP contribution in [-0.4, -0.2) is 39.0 Å². The fraction of sp³-hybridized carbons (Fsp3) is 0.364. The van der Waals surface area contributed by atoms with E-state index in [4.69, 9.17) is 4.74 Å². The number of rotatable bonds is 9. The summed E-state index contributed by atoms with van der Waals surface area (Å²) in [5.41, 5.74) is 0.652. The molecule has 1 amide bonds. The van der Waals surface area contributed by atoms with Crippen LogP contribution in [0, 0.1) is 11.7 Å². The van der Waals surface area contributed by atoms with Gasteiger partial charge >= 0.3 is 5.97 Å². The summed E-state index contributed by atoms with van der Waals surface area (Å²) >= 11 is 0. The van der Waals surface area contributed by atoms with Crippen LogP contribution < -0.4 is 9.62 Å². The van der Waals surface area contributed by atoms with Gasteiger partial charge in [0.25, 0.3) is 5.91 Å². The Balaban J connectivity index is 2.12. The standard InChI is InChI=1S/C22H27FN2O5S/c1-15(2)21(24-31(28,29)19-13-9-8-12-18(19)23)22(27)30-14-20(26)25(16(3)4)17-10-6-5-7-11-17/h5-13,15-16,21,24H,14H2,1-4H3. The molecule has 31 heavy (non-hydrogen) atoms. The molecule has 1 atom stereocenters. The number of carbonyl (C=O) groups excluding carboxylic acids is 2. The van der Waals surface area contributed by atoms with Gasteiger partial charge in [-0.3, -0.25) is 9.59 Å². The minimum atomic E-state index is -4.31. The van der Waals surface area contributed by atoms with Crippen LogP contribution in [-0.2, 0) is 24.3 Å². The lowest BCUT2D eigenvalue weighted by Crippen LogP contribution is -2.47. The molecule has 0 saturated heterocycles. The number of amides is 1.